The van der Waals surface area contributed by atoms with Crippen LogP contribution < -0.4 is 5.73 Å². The van der Waals surface area contributed by atoms with Crippen LogP contribution in [0.3, 0.4) is 0 Å². The number of halogens is 1. The van der Waals surface area contributed by atoms with Crippen LogP contribution in [0.2, 0.25) is 0 Å². The number of nitrogens with two attached hydrogens (primary N) is 1. The second-order valence-electron chi connectivity index (χ2n) is 6.03. The molecule has 1 saturated carbocycles. The van der Waals surface area contributed by atoms with Gasteiger partial charge in [-0.3, -0.25) is 4.90 Å². The van der Waals surface area contributed by atoms with E-state index in [-0.39, 0.29) is 17.9 Å². The largest absolute Gasteiger partial charge is 0.326 e. The lowest BCUT2D eigenvalue weighted by Gasteiger charge is -2.40. The summed E-state index contributed by atoms with van der Waals surface area (Å²) in [5, 5.41) is 0. The first kappa shape index (κ1) is 15.5. The Balaban J connectivity index is 2.19. The molecule has 1 aliphatic carbocycles. The van der Waals surface area contributed by atoms with Crippen molar-refractivity contribution in [3.8, 4) is 0 Å². The third kappa shape index (κ3) is 3.58. The Bertz CT molecular complexity index is 398. The molecule has 112 valence electrons. The highest BCUT2D eigenvalue weighted by Gasteiger charge is 2.29. The van der Waals surface area contributed by atoms with Crippen molar-refractivity contribution in [1.82, 2.24) is 4.90 Å². The molecule has 3 heteroatoms. The van der Waals surface area contributed by atoms with E-state index in [1.165, 1.54) is 32.1 Å². The molecule has 0 bridgehead atoms. The zero-order valence-corrected chi connectivity index (χ0v) is 12.7. The minimum atomic E-state index is -0.183. The summed E-state index contributed by atoms with van der Waals surface area (Å²) < 4.78 is 13.1. The predicted octanol–water partition coefficient (Wildman–Crippen LogP) is 3.87. The average Bonchev–Trinajstić information content (AvgIpc) is 2.50. The topological polar surface area (TPSA) is 29.3 Å². The van der Waals surface area contributed by atoms with Crippen molar-refractivity contribution in [3.05, 3.63) is 35.6 Å². The first-order valence-electron chi connectivity index (χ1n) is 7.86. The lowest BCUT2D eigenvalue weighted by atomic mass is 9.90. The summed E-state index contributed by atoms with van der Waals surface area (Å²) >= 11 is 0. The van der Waals surface area contributed by atoms with E-state index in [4.69, 9.17) is 5.73 Å². The third-order valence-electron chi connectivity index (χ3n) is 4.68. The highest BCUT2D eigenvalue weighted by molar-refractivity contribution is 5.22. The number of rotatable bonds is 5. The van der Waals surface area contributed by atoms with Crippen LogP contribution in [0, 0.1) is 5.82 Å². The Morgan fingerprint density at radius 3 is 2.35 bits per heavy atom. The molecule has 1 aromatic carbocycles. The molecule has 0 spiro atoms. The second kappa shape index (κ2) is 7.19. The van der Waals surface area contributed by atoms with Crippen LogP contribution in [0.4, 0.5) is 4.39 Å². The second-order valence-corrected chi connectivity index (χ2v) is 6.03. The highest BCUT2D eigenvalue weighted by Crippen LogP contribution is 2.31. The molecule has 1 aromatic rings. The molecule has 0 aromatic heterocycles. The van der Waals surface area contributed by atoms with E-state index in [2.05, 4.69) is 18.9 Å². The Labute approximate surface area is 122 Å². The molecule has 2 atom stereocenters. The average molecular weight is 278 g/mol. The minimum Gasteiger partial charge on any atom is -0.326 e. The maximum Gasteiger partial charge on any atom is 0.123 e. The van der Waals surface area contributed by atoms with Crippen LogP contribution in [0.1, 0.15) is 57.1 Å². The molecule has 0 amide bonds. The third-order valence-corrected chi connectivity index (χ3v) is 4.68. The summed E-state index contributed by atoms with van der Waals surface area (Å²) in [6.07, 6.45) is 7.42. The van der Waals surface area contributed by atoms with Gasteiger partial charge in [0.05, 0.1) is 0 Å². The van der Waals surface area contributed by atoms with E-state index in [0.29, 0.717) is 6.04 Å². The normalized spacial score (nSPS) is 20.1. The summed E-state index contributed by atoms with van der Waals surface area (Å²) in [7, 11) is 2.18. The fourth-order valence-corrected chi connectivity index (χ4v) is 3.38. The zero-order valence-electron chi connectivity index (χ0n) is 12.7. The van der Waals surface area contributed by atoms with Gasteiger partial charge in [-0.05, 0) is 44.0 Å². The molecule has 0 aliphatic heterocycles. The fraction of sp³-hybridized carbons (Fsp3) is 0.647. The lowest BCUT2D eigenvalue weighted by molar-refractivity contribution is 0.118. The fourth-order valence-electron chi connectivity index (χ4n) is 3.38. The molecular formula is C17H27FN2. The van der Waals surface area contributed by atoms with Crippen molar-refractivity contribution in [3.63, 3.8) is 0 Å². The summed E-state index contributed by atoms with van der Waals surface area (Å²) in [5.41, 5.74) is 7.49. The van der Waals surface area contributed by atoms with E-state index in [1.807, 2.05) is 12.1 Å². The SMILES string of the molecule is CCC(N)C(c1ccc(F)cc1)N(C)C1CCCCC1. The Morgan fingerprint density at radius 1 is 1.20 bits per heavy atom. The first-order valence-corrected chi connectivity index (χ1v) is 7.86. The van der Waals surface area contributed by atoms with Crippen LogP contribution in [0.25, 0.3) is 0 Å². The molecule has 2 rings (SSSR count). The number of hydrogen-bond acceptors (Lipinski definition) is 2. The highest BCUT2D eigenvalue weighted by atomic mass is 19.1. The van der Waals surface area contributed by atoms with Gasteiger partial charge in [0.25, 0.3) is 0 Å². The Hall–Kier alpha value is -0.930. The van der Waals surface area contributed by atoms with Crippen LogP contribution in [0.15, 0.2) is 24.3 Å². The summed E-state index contributed by atoms with van der Waals surface area (Å²) in [6.45, 7) is 2.12. The van der Waals surface area contributed by atoms with Gasteiger partial charge in [-0.25, -0.2) is 4.39 Å². The Morgan fingerprint density at radius 2 is 1.80 bits per heavy atom. The molecule has 2 N–H and O–H groups in total. The number of nitrogens with zero attached hydrogens (tertiary/aromatic N) is 1. The molecule has 2 nitrogen and oxygen atoms in total. The van der Waals surface area contributed by atoms with Crippen molar-refractivity contribution in [2.24, 2.45) is 5.73 Å². The number of benzene rings is 1. The van der Waals surface area contributed by atoms with Crippen molar-refractivity contribution in [2.75, 3.05) is 7.05 Å². The minimum absolute atomic E-state index is 0.0902. The first-order chi connectivity index (χ1) is 9.63. The molecule has 1 aliphatic rings. The molecule has 0 radical (unpaired) electrons. The Kier molecular flexibility index (Phi) is 5.55. The van der Waals surface area contributed by atoms with E-state index in [1.54, 1.807) is 12.1 Å². The molecule has 0 heterocycles. The monoisotopic (exact) mass is 278 g/mol. The molecule has 2 unspecified atom stereocenters. The van der Waals surface area contributed by atoms with Crippen molar-refractivity contribution in [2.45, 2.75) is 63.6 Å². The van der Waals surface area contributed by atoms with Crippen LogP contribution in [-0.2, 0) is 0 Å². The molecular weight excluding hydrogens is 251 g/mol. The standard InChI is InChI=1S/C17H27FN2/c1-3-16(19)17(13-9-11-14(18)12-10-13)20(2)15-7-5-4-6-8-15/h9-12,15-17H,3-8,19H2,1-2H3. The van der Waals surface area contributed by atoms with Crippen molar-refractivity contribution in [1.29, 1.82) is 0 Å². The summed E-state index contributed by atoms with van der Waals surface area (Å²) in [5.74, 6) is -0.183. The lowest BCUT2D eigenvalue weighted by Crippen LogP contribution is -2.44. The number of hydrogen-bond donors (Lipinski definition) is 1. The van der Waals surface area contributed by atoms with Gasteiger partial charge >= 0.3 is 0 Å². The molecule has 0 saturated heterocycles. The van der Waals surface area contributed by atoms with E-state index < -0.39 is 0 Å². The molecule has 1 fully saturated rings. The van der Waals surface area contributed by atoms with Crippen molar-refractivity contribution >= 4 is 0 Å². The van der Waals surface area contributed by atoms with E-state index in [0.717, 1.165) is 12.0 Å². The van der Waals surface area contributed by atoms with Crippen molar-refractivity contribution < 1.29 is 4.39 Å². The van der Waals surface area contributed by atoms with Gasteiger partial charge < -0.3 is 5.73 Å². The van der Waals surface area contributed by atoms with Gasteiger partial charge in [0, 0.05) is 18.1 Å². The van der Waals surface area contributed by atoms with Gasteiger partial charge in [-0.15, -0.1) is 0 Å². The van der Waals surface area contributed by atoms with Gasteiger partial charge in [-0.1, -0.05) is 38.3 Å². The van der Waals surface area contributed by atoms with E-state index >= 15 is 0 Å². The maximum atomic E-state index is 13.1. The van der Waals surface area contributed by atoms with Gasteiger partial charge in [-0.2, -0.15) is 0 Å². The summed E-state index contributed by atoms with van der Waals surface area (Å²) in [4.78, 5) is 2.43. The predicted molar refractivity (Wildman–Crippen MR) is 82.0 cm³/mol. The molecule has 20 heavy (non-hydrogen) atoms. The van der Waals surface area contributed by atoms with Crippen LogP contribution in [0.5, 0.6) is 0 Å². The zero-order chi connectivity index (χ0) is 14.5. The smallest absolute Gasteiger partial charge is 0.123 e. The number of likely N-dealkylation sites (N-methyl/N-ethyl adjacent to an activating group) is 1. The van der Waals surface area contributed by atoms with Crippen LogP contribution in [-0.4, -0.2) is 24.0 Å². The van der Waals surface area contributed by atoms with Crippen LogP contribution >= 0.6 is 0 Å². The quantitative estimate of drug-likeness (QED) is 0.886. The van der Waals surface area contributed by atoms with Gasteiger partial charge in [0.15, 0.2) is 0 Å². The van der Waals surface area contributed by atoms with Gasteiger partial charge in [0.1, 0.15) is 5.82 Å². The maximum absolute atomic E-state index is 13.1. The van der Waals surface area contributed by atoms with Gasteiger partial charge in [0.2, 0.25) is 0 Å². The summed E-state index contributed by atoms with van der Waals surface area (Å²) in [6, 6.07) is 7.73. The van der Waals surface area contributed by atoms with E-state index in [9.17, 15) is 4.39 Å².